The number of carbonyl (C=O) groups is 1. The van der Waals surface area contributed by atoms with Crippen molar-refractivity contribution < 1.29 is 4.79 Å². The first kappa shape index (κ1) is 30.8. The minimum atomic E-state index is -0.138. The van der Waals surface area contributed by atoms with Crippen LogP contribution >= 0.6 is 0 Å². The quantitative estimate of drug-likeness (QED) is 0.161. The normalized spacial score (nSPS) is 13.6. The molecule has 1 aliphatic heterocycles. The molecule has 4 aromatic carbocycles. The van der Waals surface area contributed by atoms with E-state index in [1.165, 1.54) is 5.56 Å². The Bertz CT molecular complexity index is 1780. The molecular weight excluding hydrogens is 572 g/mol. The molecule has 1 aromatic heterocycles. The number of nitrogens with one attached hydrogen (secondary N) is 3. The van der Waals surface area contributed by atoms with Crippen LogP contribution in [0.3, 0.4) is 0 Å². The summed E-state index contributed by atoms with van der Waals surface area (Å²) in [5.74, 6) is 0.564. The van der Waals surface area contributed by atoms with Gasteiger partial charge in [-0.15, -0.1) is 0 Å². The van der Waals surface area contributed by atoms with Crippen LogP contribution < -0.4 is 20.9 Å². The van der Waals surface area contributed by atoms with Crippen molar-refractivity contribution in [1.82, 2.24) is 19.8 Å². The Morgan fingerprint density at radius 2 is 1.48 bits per heavy atom. The average Bonchev–Trinajstić information content (AvgIpc) is 3.07. The zero-order chi connectivity index (χ0) is 31.9. The molecule has 0 radical (unpaired) electrons. The maximum atomic E-state index is 13.1. The number of benzene rings is 4. The van der Waals surface area contributed by atoms with Crippen molar-refractivity contribution in [2.75, 3.05) is 68.2 Å². The Balaban J connectivity index is 1.12. The van der Waals surface area contributed by atoms with Crippen molar-refractivity contribution in [3.05, 3.63) is 121 Å². The molecule has 1 aliphatic rings. The monoisotopic (exact) mass is 612 g/mol. The van der Waals surface area contributed by atoms with Crippen molar-refractivity contribution in [3.63, 3.8) is 0 Å². The second-order valence-corrected chi connectivity index (χ2v) is 11.8. The van der Waals surface area contributed by atoms with Gasteiger partial charge in [0.25, 0.3) is 5.91 Å². The smallest absolute Gasteiger partial charge is 0.255 e. The summed E-state index contributed by atoms with van der Waals surface area (Å²) in [5, 5.41) is 9.97. The summed E-state index contributed by atoms with van der Waals surface area (Å²) in [4.78, 5) is 29.0. The van der Waals surface area contributed by atoms with Crippen LogP contribution in [-0.2, 0) is 6.54 Å². The van der Waals surface area contributed by atoms with Crippen LogP contribution in [0.2, 0.25) is 0 Å². The van der Waals surface area contributed by atoms with E-state index in [-0.39, 0.29) is 5.91 Å². The highest BCUT2D eigenvalue weighted by Gasteiger charge is 2.15. The number of piperazine rings is 1. The number of carbonyl (C=O) groups excluding carboxylic acids is 1. The van der Waals surface area contributed by atoms with E-state index in [2.05, 4.69) is 71.9 Å². The van der Waals surface area contributed by atoms with Crippen LogP contribution in [-0.4, -0.2) is 73.0 Å². The average molecular weight is 613 g/mol. The third-order valence-electron chi connectivity index (χ3n) is 8.12. The SMILES string of the molecule is CN1CCN(Cc2ccc(C(=O)Nc3cccc(Nc4ccccc4-c4cc(Nc5cccc(N(C)C)c5)ncn4)c3)cc2)CC1. The molecule has 0 aliphatic carbocycles. The summed E-state index contributed by atoms with van der Waals surface area (Å²) in [7, 11) is 6.20. The molecule has 0 atom stereocenters. The zero-order valence-corrected chi connectivity index (χ0v) is 26.6. The lowest BCUT2D eigenvalue weighted by molar-refractivity contribution is 0.102. The van der Waals surface area contributed by atoms with Crippen molar-refractivity contribution in [2.45, 2.75) is 6.54 Å². The number of aromatic nitrogens is 2. The van der Waals surface area contributed by atoms with E-state index in [1.807, 2.05) is 93.0 Å². The standard InChI is InChI=1S/C37H40N8O/c1-43(2)32-11-7-10-31(23-32)41-36-24-35(38-26-39-36)33-12-4-5-13-34(33)40-29-8-6-9-30(22-29)42-37(46)28-16-14-27(15-17-28)25-45-20-18-44(3)19-21-45/h4-17,22-24,26,40H,18-21,25H2,1-3H3,(H,42,46)(H,38,39,41). The lowest BCUT2D eigenvalue weighted by Crippen LogP contribution is -2.43. The molecule has 0 bridgehead atoms. The van der Waals surface area contributed by atoms with Gasteiger partial charge in [-0.05, 0) is 67.2 Å². The van der Waals surface area contributed by atoms with E-state index in [9.17, 15) is 4.79 Å². The van der Waals surface area contributed by atoms with Crippen LogP contribution in [0.5, 0.6) is 0 Å². The summed E-state index contributed by atoms with van der Waals surface area (Å²) in [5.41, 5.74) is 8.06. The Kier molecular flexibility index (Phi) is 9.52. The van der Waals surface area contributed by atoms with Crippen molar-refractivity contribution in [3.8, 4) is 11.3 Å². The Labute approximate surface area is 270 Å². The van der Waals surface area contributed by atoms with E-state index in [4.69, 9.17) is 0 Å². The minimum Gasteiger partial charge on any atom is -0.378 e. The summed E-state index contributed by atoms with van der Waals surface area (Å²) < 4.78 is 0. The molecule has 9 nitrogen and oxygen atoms in total. The fourth-order valence-electron chi connectivity index (χ4n) is 5.46. The number of hydrogen-bond acceptors (Lipinski definition) is 8. The molecule has 5 aromatic rings. The van der Waals surface area contributed by atoms with E-state index in [0.29, 0.717) is 17.1 Å². The van der Waals surface area contributed by atoms with Gasteiger partial charge in [-0.1, -0.05) is 42.5 Å². The second kappa shape index (κ2) is 14.2. The van der Waals surface area contributed by atoms with Crippen LogP contribution in [0.4, 0.5) is 34.3 Å². The fourth-order valence-corrected chi connectivity index (χ4v) is 5.46. The molecule has 1 saturated heterocycles. The molecule has 1 fully saturated rings. The van der Waals surface area contributed by atoms with E-state index < -0.39 is 0 Å². The summed E-state index contributed by atoms with van der Waals surface area (Å²) >= 11 is 0. The summed E-state index contributed by atoms with van der Waals surface area (Å²) in [6.45, 7) is 5.22. The zero-order valence-electron chi connectivity index (χ0n) is 26.6. The number of rotatable bonds is 10. The van der Waals surface area contributed by atoms with Crippen LogP contribution in [0.1, 0.15) is 15.9 Å². The second-order valence-electron chi connectivity index (χ2n) is 11.8. The minimum absolute atomic E-state index is 0.138. The van der Waals surface area contributed by atoms with E-state index >= 15 is 0 Å². The Morgan fingerprint density at radius 3 is 2.26 bits per heavy atom. The van der Waals surface area contributed by atoms with Gasteiger partial charge in [0.1, 0.15) is 12.1 Å². The molecular formula is C37H40N8O. The first-order valence-electron chi connectivity index (χ1n) is 15.5. The molecule has 0 saturated carbocycles. The summed E-state index contributed by atoms with van der Waals surface area (Å²) in [6, 6.07) is 33.8. The summed E-state index contributed by atoms with van der Waals surface area (Å²) in [6.07, 6.45) is 1.57. The third-order valence-corrected chi connectivity index (χ3v) is 8.12. The largest absolute Gasteiger partial charge is 0.378 e. The third kappa shape index (κ3) is 7.87. The van der Waals surface area contributed by atoms with Crippen LogP contribution in [0, 0.1) is 0 Å². The van der Waals surface area contributed by atoms with E-state index in [0.717, 1.165) is 66.7 Å². The highest BCUT2D eigenvalue weighted by Crippen LogP contribution is 2.31. The maximum Gasteiger partial charge on any atom is 0.255 e. The van der Waals surface area contributed by atoms with Gasteiger partial charge in [0.05, 0.1) is 5.69 Å². The molecule has 3 N–H and O–H groups in total. The van der Waals surface area contributed by atoms with Crippen LogP contribution in [0.15, 0.2) is 109 Å². The molecule has 0 spiro atoms. The van der Waals surface area contributed by atoms with Gasteiger partial charge in [-0.3, -0.25) is 9.69 Å². The molecule has 0 unspecified atom stereocenters. The number of nitrogens with zero attached hydrogens (tertiary/aromatic N) is 5. The van der Waals surface area contributed by atoms with Crippen LogP contribution in [0.25, 0.3) is 11.3 Å². The van der Waals surface area contributed by atoms with Gasteiger partial charge in [-0.25, -0.2) is 9.97 Å². The number of likely N-dealkylation sites (N-methyl/N-ethyl adjacent to an activating group) is 1. The Hall–Kier alpha value is -5.25. The number of hydrogen-bond donors (Lipinski definition) is 3. The highest BCUT2D eigenvalue weighted by atomic mass is 16.1. The molecule has 46 heavy (non-hydrogen) atoms. The highest BCUT2D eigenvalue weighted by molar-refractivity contribution is 6.04. The Morgan fingerprint density at radius 1 is 0.761 bits per heavy atom. The molecule has 6 rings (SSSR count). The van der Waals surface area contributed by atoms with Crippen molar-refractivity contribution in [1.29, 1.82) is 0 Å². The number of amides is 1. The van der Waals surface area contributed by atoms with Gasteiger partial charge in [0, 0.05) is 92.4 Å². The van der Waals surface area contributed by atoms with Gasteiger partial charge in [-0.2, -0.15) is 0 Å². The van der Waals surface area contributed by atoms with Gasteiger partial charge < -0.3 is 25.8 Å². The lowest BCUT2D eigenvalue weighted by atomic mass is 10.1. The predicted octanol–water partition coefficient (Wildman–Crippen LogP) is 6.70. The van der Waals surface area contributed by atoms with Gasteiger partial charge >= 0.3 is 0 Å². The molecule has 9 heteroatoms. The number of anilines is 6. The van der Waals surface area contributed by atoms with Gasteiger partial charge in [0.15, 0.2) is 0 Å². The van der Waals surface area contributed by atoms with Crippen molar-refractivity contribution in [2.24, 2.45) is 0 Å². The predicted molar refractivity (Wildman–Crippen MR) is 188 cm³/mol. The number of para-hydroxylation sites is 1. The molecule has 2 heterocycles. The maximum absolute atomic E-state index is 13.1. The molecule has 1 amide bonds. The van der Waals surface area contributed by atoms with Crippen molar-refractivity contribution >= 4 is 40.2 Å². The first-order chi connectivity index (χ1) is 22.4. The lowest BCUT2D eigenvalue weighted by Gasteiger charge is -2.32. The van der Waals surface area contributed by atoms with E-state index in [1.54, 1.807) is 6.33 Å². The topological polar surface area (TPSA) is 88.7 Å². The fraction of sp³-hybridized carbons (Fsp3) is 0.216. The molecule has 234 valence electrons. The first-order valence-corrected chi connectivity index (χ1v) is 15.5. The van der Waals surface area contributed by atoms with Gasteiger partial charge in [0.2, 0.25) is 0 Å².